The molecule has 0 aliphatic rings. The molecule has 2 N–H and O–H groups in total. The van der Waals surface area contributed by atoms with Gasteiger partial charge in [-0.05, 0) is 0 Å². The lowest BCUT2D eigenvalue weighted by molar-refractivity contribution is -0.136. The number of hydrogen-bond acceptors (Lipinski definition) is 4. The molecule has 0 bridgehead atoms. The SMILES string of the molecule is O=C(O)Cc1cnc(-c2ccon2)[nH]1. The van der Waals surface area contributed by atoms with Gasteiger partial charge in [-0.15, -0.1) is 0 Å². The van der Waals surface area contributed by atoms with Crippen molar-refractivity contribution in [1.29, 1.82) is 0 Å². The second-order valence-electron chi connectivity index (χ2n) is 2.71. The Hall–Kier alpha value is -2.11. The topological polar surface area (TPSA) is 92.0 Å². The van der Waals surface area contributed by atoms with E-state index in [1.807, 2.05) is 0 Å². The van der Waals surface area contributed by atoms with Gasteiger partial charge >= 0.3 is 5.97 Å². The van der Waals surface area contributed by atoms with Gasteiger partial charge in [0.05, 0.1) is 6.42 Å². The molecule has 0 saturated carbocycles. The maximum atomic E-state index is 10.4. The highest BCUT2D eigenvalue weighted by molar-refractivity contribution is 5.69. The van der Waals surface area contributed by atoms with E-state index in [4.69, 9.17) is 5.11 Å². The molecule has 0 aliphatic carbocycles. The summed E-state index contributed by atoms with van der Waals surface area (Å²) in [5.74, 6) is -0.393. The fraction of sp³-hybridized carbons (Fsp3) is 0.125. The molecule has 0 atom stereocenters. The first-order valence-corrected chi connectivity index (χ1v) is 3.92. The van der Waals surface area contributed by atoms with Crippen molar-refractivity contribution in [1.82, 2.24) is 15.1 Å². The predicted octanol–water partition coefficient (Wildman–Crippen LogP) is 0.692. The summed E-state index contributed by atoms with van der Waals surface area (Å²) < 4.78 is 4.63. The second-order valence-corrected chi connectivity index (χ2v) is 2.71. The number of aromatic nitrogens is 3. The van der Waals surface area contributed by atoms with Crippen molar-refractivity contribution >= 4 is 5.97 Å². The number of imidazole rings is 1. The highest BCUT2D eigenvalue weighted by Gasteiger charge is 2.08. The zero-order valence-electron chi connectivity index (χ0n) is 7.10. The molecule has 2 heterocycles. The highest BCUT2D eigenvalue weighted by Crippen LogP contribution is 2.12. The van der Waals surface area contributed by atoms with E-state index in [1.165, 1.54) is 12.5 Å². The molecule has 0 saturated heterocycles. The first-order valence-electron chi connectivity index (χ1n) is 3.92. The van der Waals surface area contributed by atoms with Gasteiger partial charge in [-0.2, -0.15) is 0 Å². The van der Waals surface area contributed by atoms with E-state index in [0.29, 0.717) is 17.2 Å². The monoisotopic (exact) mass is 193 g/mol. The van der Waals surface area contributed by atoms with E-state index < -0.39 is 5.97 Å². The van der Waals surface area contributed by atoms with Gasteiger partial charge < -0.3 is 14.6 Å². The molecule has 14 heavy (non-hydrogen) atoms. The third kappa shape index (κ3) is 1.63. The zero-order valence-corrected chi connectivity index (χ0v) is 7.10. The van der Waals surface area contributed by atoms with Gasteiger partial charge in [0.15, 0.2) is 5.82 Å². The molecule has 0 fully saturated rings. The molecular formula is C8H7N3O3. The number of hydrogen-bond donors (Lipinski definition) is 2. The second kappa shape index (κ2) is 3.33. The first-order chi connectivity index (χ1) is 6.75. The quantitative estimate of drug-likeness (QED) is 0.748. The number of nitrogens with one attached hydrogen (secondary N) is 1. The molecule has 0 unspecified atom stereocenters. The molecule has 0 amide bonds. The molecular weight excluding hydrogens is 186 g/mol. The predicted molar refractivity (Wildman–Crippen MR) is 45.4 cm³/mol. The lowest BCUT2D eigenvalue weighted by Gasteiger charge is -1.89. The number of carbonyl (C=O) groups is 1. The van der Waals surface area contributed by atoms with Crippen LogP contribution >= 0.6 is 0 Å². The summed E-state index contributed by atoms with van der Waals surface area (Å²) in [5, 5.41) is 12.2. The van der Waals surface area contributed by atoms with Crippen molar-refractivity contribution in [3.8, 4) is 11.5 Å². The van der Waals surface area contributed by atoms with Crippen molar-refractivity contribution in [3.63, 3.8) is 0 Å². The molecule has 6 nitrogen and oxygen atoms in total. The summed E-state index contributed by atoms with van der Waals surface area (Å²) in [6.07, 6.45) is 2.82. The summed E-state index contributed by atoms with van der Waals surface area (Å²) in [6, 6.07) is 1.64. The average molecular weight is 193 g/mol. The maximum Gasteiger partial charge on any atom is 0.309 e. The highest BCUT2D eigenvalue weighted by atomic mass is 16.5. The van der Waals surface area contributed by atoms with Crippen LogP contribution in [0.15, 0.2) is 23.0 Å². The summed E-state index contributed by atoms with van der Waals surface area (Å²) >= 11 is 0. The Labute approximate surface area is 78.6 Å². The van der Waals surface area contributed by atoms with Crippen molar-refractivity contribution in [2.75, 3.05) is 0 Å². The fourth-order valence-corrected chi connectivity index (χ4v) is 1.08. The van der Waals surface area contributed by atoms with E-state index in [9.17, 15) is 4.79 Å². The number of nitrogens with zero attached hydrogens (tertiary/aromatic N) is 2. The van der Waals surface area contributed by atoms with E-state index in [2.05, 4.69) is 19.6 Å². The fourth-order valence-electron chi connectivity index (χ4n) is 1.08. The van der Waals surface area contributed by atoms with E-state index in [1.54, 1.807) is 6.07 Å². The minimum Gasteiger partial charge on any atom is -0.481 e. The Balaban J connectivity index is 2.22. The van der Waals surface area contributed by atoms with Crippen molar-refractivity contribution in [2.45, 2.75) is 6.42 Å². The van der Waals surface area contributed by atoms with Gasteiger partial charge in [0, 0.05) is 18.0 Å². The maximum absolute atomic E-state index is 10.4. The first kappa shape index (κ1) is 8.49. The Morgan fingerprint density at radius 1 is 1.64 bits per heavy atom. The van der Waals surface area contributed by atoms with Crippen LogP contribution < -0.4 is 0 Å². The number of H-pyrrole nitrogens is 1. The summed E-state index contributed by atoms with van der Waals surface area (Å²) in [6.45, 7) is 0. The average Bonchev–Trinajstić information content (AvgIpc) is 2.69. The molecule has 0 spiro atoms. The summed E-state index contributed by atoms with van der Waals surface area (Å²) in [7, 11) is 0. The van der Waals surface area contributed by atoms with Crippen LogP contribution in [-0.4, -0.2) is 26.2 Å². The van der Waals surface area contributed by atoms with E-state index >= 15 is 0 Å². The largest absolute Gasteiger partial charge is 0.481 e. The van der Waals surface area contributed by atoms with Crippen LogP contribution in [0.25, 0.3) is 11.5 Å². The van der Waals surface area contributed by atoms with Crippen molar-refractivity contribution < 1.29 is 14.4 Å². The minimum atomic E-state index is -0.902. The number of aliphatic carboxylic acids is 1. The van der Waals surface area contributed by atoms with Gasteiger partial charge in [0.25, 0.3) is 0 Å². The van der Waals surface area contributed by atoms with Crippen LogP contribution in [-0.2, 0) is 11.2 Å². The van der Waals surface area contributed by atoms with Crippen LogP contribution in [0.3, 0.4) is 0 Å². The van der Waals surface area contributed by atoms with E-state index in [0.717, 1.165) is 0 Å². The Morgan fingerprint density at radius 3 is 3.14 bits per heavy atom. The number of carboxylic acid groups (broad SMARTS) is 1. The van der Waals surface area contributed by atoms with Crippen LogP contribution in [0, 0.1) is 0 Å². The van der Waals surface area contributed by atoms with E-state index in [-0.39, 0.29) is 6.42 Å². The standard InChI is InChI=1S/C8H7N3O3/c12-7(13)3-5-4-9-8(10-5)6-1-2-14-11-6/h1-2,4H,3H2,(H,9,10)(H,12,13). The van der Waals surface area contributed by atoms with Crippen molar-refractivity contribution in [3.05, 3.63) is 24.2 Å². The third-order valence-electron chi connectivity index (χ3n) is 1.65. The number of aromatic amines is 1. The lowest BCUT2D eigenvalue weighted by Crippen LogP contribution is -1.99. The molecule has 0 radical (unpaired) electrons. The third-order valence-corrected chi connectivity index (χ3v) is 1.65. The Bertz CT molecular complexity index is 432. The number of carboxylic acids is 1. The smallest absolute Gasteiger partial charge is 0.309 e. The van der Waals surface area contributed by atoms with Gasteiger partial charge in [-0.1, -0.05) is 5.16 Å². The van der Waals surface area contributed by atoms with Gasteiger partial charge in [-0.3, -0.25) is 4.79 Å². The van der Waals surface area contributed by atoms with Crippen molar-refractivity contribution in [2.24, 2.45) is 0 Å². The normalized spacial score (nSPS) is 10.3. The van der Waals surface area contributed by atoms with Gasteiger partial charge in [0.2, 0.25) is 0 Å². The molecule has 2 aromatic heterocycles. The van der Waals surface area contributed by atoms with Gasteiger partial charge in [0.1, 0.15) is 12.0 Å². The van der Waals surface area contributed by atoms with Crippen LogP contribution in [0.1, 0.15) is 5.69 Å². The summed E-state index contributed by atoms with van der Waals surface area (Å²) in [4.78, 5) is 17.2. The molecule has 2 aromatic rings. The molecule has 72 valence electrons. The lowest BCUT2D eigenvalue weighted by atomic mass is 10.3. The van der Waals surface area contributed by atoms with Gasteiger partial charge in [-0.25, -0.2) is 4.98 Å². The van der Waals surface area contributed by atoms with Crippen LogP contribution in [0.5, 0.6) is 0 Å². The summed E-state index contributed by atoms with van der Waals surface area (Å²) in [5.41, 5.74) is 1.09. The zero-order chi connectivity index (χ0) is 9.97. The number of rotatable bonds is 3. The van der Waals surface area contributed by atoms with Crippen LogP contribution in [0.4, 0.5) is 0 Å². The molecule has 0 aromatic carbocycles. The minimum absolute atomic E-state index is 0.0785. The molecule has 0 aliphatic heterocycles. The molecule has 6 heteroatoms. The Kier molecular flexibility index (Phi) is 2.02. The van der Waals surface area contributed by atoms with Crippen LogP contribution in [0.2, 0.25) is 0 Å². The Morgan fingerprint density at radius 2 is 2.50 bits per heavy atom. The molecule has 2 rings (SSSR count).